The van der Waals surface area contributed by atoms with Crippen LogP contribution in [0, 0.1) is 5.82 Å². The molecular formula is C15H21FN2O2. The van der Waals surface area contributed by atoms with Crippen LogP contribution in [-0.4, -0.2) is 18.4 Å². The molecule has 0 fully saturated rings. The van der Waals surface area contributed by atoms with E-state index in [1.165, 1.54) is 24.3 Å². The van der Waals surface area contributed by atoms with E-state index in [0.29, 0.717) is 12.1 Å². The maximum Gasteiger partial charge on any atom is 0.243 e. The van der Waals surface area contributed by atoms with Gasteiger partial charge in [0.05, 0.1) is 6.54 Å². The van der Waals surface area contributed by atoms with Gasteiger partial charge in [0.25, 0.3) is 0 Å². The number of halogens is 1. The van der Waals surface area contributed by atoms with E-state index in [9.17, 15) is 14.0 Å². The van der Waals surface area contributed by atoms with Crippen LogP contribution in [0.5, 0.6) is 0 Å². The summed E-state index contributed by atoms with van der Waals surface area (Å²) in [4.78, 5) is 23.0. The first-order valence-corrected chi connectivity index (χ1v) is 6.94. The van der Waals surface area contributed by atoms with Crippen molar-refractivity contribution in [3.05, 3.63) is 30.1 Å². The normalized spacial score (nSPS) is 10.1. The van der Waals surface area contributed by atoms with Crippen LogP contribution in [0.25, 0.3) is 0 Å². The molecular weight excluding hydrogens is 259 g/mol. The molecule has 0 radical (unpaired) electrons. The number of benzene rings is 1. The van der Waals surface area contributed by atoms with Gasteiger partial charge in [-0.3, -0.25) is 9.59 Å². The summed E-state index contributed by atoms with van der Waals surface area (Å²) in [5.74, 6) is -0.794. The minimum atomic E-state index is -0.358. The highest BCUT2D eigenvalue weighted by Gasteiger charge is 2.05. The zero-order valence-electron chi connectivity index (χ0n) is 11.7. The Morgan fingerprint density at radius 1 is 1.05 bits per heavy atom. The Hall–Kier alpha value is -1.91. The van der Waals surface area contributed by atoms with Crippen molar-refractivity contribution >= 4 is 17.5 Å². The van der Waals surface area contributed by atoms with Gasteiger partial charge in [-0.2, -0.15) is 0 Å². The first-order chi connectivity index (χ1) is 9.61. The second-order valence-electron chi connectivity index (χ2n) is 4.64. The van der Waals surface area contributed by atoms with Crippen molar-refractivity contribution in [1.82, 2.24) is 5.32 Å². The van der Waals surface area contributed by atoms with Gasteiger partial charge < -0.3 is 10.6 Å². The van der Waals surface area contributed by atoms with Crippen LogP contribution in [0.3, 0.4) is 0 Å². The van der Waals surface area contributed by atoms with Crippen molar-refractivity contribution < 1.29 is 14.0 Å². The largest absolute Gasteiger partial charge is 0.347 e. The summed E-state index contributed by atoms with van der Waals surface area (Å²) in [6.07, 6.45) is 4.58. The van der Waals surface area contributed by atoms with Gasteiger partial charge in [0.1, 0.15) is 5.82 Å². The van der Waals surface area contributed by atoms with E-state index >= 15 is 0 Å². The summed E-state index contributed by atoms with van der Waals surface area (Å²) in [7, 11) is 0. The summed E-state index contributed by atoms with van der Waals surface area (Å²) >= 11 is 0. The molecule has 0 bridgehead atoms. The molecule has 2 amide bonds. The fourth-order valence-corrected chi connectivity index (χ4v) is 1.72. The molecule has 2 N–H and O–H groups in total. The Kier molecular flexibility index (Phi) is 7.32. The average molecular weight is 280 g/mol. The highest BCUT2D eigenvalue weighted by molar-refractivity contribution is 5.94. The Labute approximate surface area is 118 Å². The molecule has 0 unspecified atom stereocenters. The third-order valence-corrected chi connectivity index (χ3v) is 2.83. The lowest BCUT2D eigenvalue weighted by atomic mass is 10.1. The van der Waals surface area contributed by atoms with E-state index in [4.69, 9.17) is 0 Å². The molecule has 5 heteroatoms. The van der Waals surface area contributed by atoms with Crippen molar-refractivity contribution in [1.29, 1.82) is 0 Å². The second kappa shape index (κ2) is 9.07. The number of rotatable bonds is 8. The van der Waals surface area contributed by atoms with Gasteiger partial charge in [0, 0.05) is 12.1 Å². The lowest BCUT2D eigenvalue weighted by Crippen LogP contribution is -2.32. The molecule has 20 heavy (non-hydrogen) atoms. The summed E-state index contributed by atoms with van der Waals surface area (Å²) in [6.45, 7) is 2.05. The van der Waals surface area contributed by atoms with Crippen molar-refractivity contribution in [2.75, 3.05) is 11.9 Å². The molecule has 0 atom stereocenters. The predicted octanol–water partition coefficient (Wildman–Crippen LogP) is 2.85. The van der Waals surface area contributed by atoms with E-state index in [2.05, 4.69) is 17.6 Å². The van der Waals surface area contributed by atoms with Gasteiger partial charge in [-0.15, -0.1) is 0 Å². The molecule has 110 valence electrons. The second-order valence-corrected chi connectivity index (χ2v) is 4.64. The summed E-state index contributed by atoms with van der Waals surface area (Å²) < 4.78 is 12.7. The fraction of sp³-hybridized carbons (Fsp3) is 0.467. The number of carbonyl (C=O) groups excluding carboxylic acids is 2. The van der Waals surface area contributed by atoms with E-state index in [0.717, 1.165) is 25.7 Å². The molecule has 0 saturated heterocycles. The summed E-state index contributed by atoms with van der Waals surface area (Å²) in [5, 5.41) is 5.15. The standard InChI is InChI=1S/C15H21FN2O2/c1-2-3-4-5-6-14(19)17-11-15(20)18-13-9-7-12(16)8-10-13/h7-10H,2-6,11H2,1H3,(H,17,19)(H,18,20). The highest BCUT2D eigenvalue weighted by Crippen LogP contribution is 2.07. The third kappa shape index (κ3) is 6.87. The molecule has 0 aromatic heterocycles. The van der Waals surface area contributed by atoms with Gasteiger partial charge in [-0.1, -0.05) is 26.2 Å². The zero-order valence-corrected chi connectivity index (χ0v) is 11.7. The number of unbranched alkanes of at least 4 members (excludes halogenated alkanes) is 3. The van der Waals surface area contributed by atoms with E-state index in [-0.39, 0.29) is 24.2 Å². The number of amides is 2. The molecule has 0 spiro atoms. The number of hydrogen-bond donors (Lipinski definition) is 2. The topological polar surface area (TPSA) is 58.2 Å². The maximum absolute atomic E-state index is 12.7. The fourth-order valence-electron chi connectivity index (χ4n) is 1.72. The lowest BCUT2D eigenvalue weighted by Gasteiger charge is -2.07. The molecule has 1 aromatic carbocycles. The molecule has 1 rings (SSSR count). The maximum atomic E-state index is 12.7. The molecule has 0 saturated carbocycles. The molecule has 4 nitrogen and oxygen atoms in total. The Balaban J connectivity index is 2.19. The number of hydrogen-bond acceptors (Lipinski definition) is 2. The molecule has 0 aliphatic rings. The Morgan fingerprint density at radius 2 is 1.75 bits per heavy atom. The van der Waals surface area contributed by atoms with Crippen molar-refractivity contribution in [2.24, 2.45) is 0 Å². The molecule has 0 aliphatic carbocycles. The highest BCUT2D eigenvalue weighted by atomic mass is 19.1. The number of nitrogens with one attached hydrogen (secondary N) is 2. The quantitative estimate of drug-likeness (QED) is 0.719. The summed E-state index contributed by atoms with van der Waals surface area (Å²) in [5.41, 5.74) is 0.508. The van der Waals surface area contributed by atoms with Crippen LogP contribution in [-0.2, 0) is 9.59 Å². The molecule has 0 heterocycles. The van der Waals surface area contributed by atoms with Gasteiger partial charge >= 0.3 is 0 Å². The van der Waals surface area contributed by atoms with Crippen LogP contribution in [0.1, 0.15) is 39.0 Å². The van der Waals surface area contributed by atoms with Crippen LogP contribution in [0.4, 0.5) is 10.1 Å². The van der Waals surface area contributed by atoms with E-state index in [1.54, 1.807) is 0 Å². The SMILES string of the molecule is CCCCCCC(=O)NCC(=O)Nc1ccc(F)cc1. The Bertz CT molecular complexity index is 432. The van der Waals surface area contributed by atoms with Crippen molar-refractivity contribution in [3.63, 3.8) is 0 Å². The van der Waals surface area contributed by atoms with Gasteiger partial charge in [-0.05, 0) is 30.7 Å². The van der Waals surface area contributed by atoms with E-state index in [1.807, 2.05) is 0 Å². The minimum absolute atomic E-state index is 0.0655. The molecule has 0 aliphatic heterocycles. The van der Waals surface area contributed by atoms with Crippen LogP contribution < -0.4 is 10.6 Å². The van der Waals surface area contributed by atoms with Crippen LogP contribution >= 0.6 is 0 Å². The first-order valence-electron chi connectivity index (χ1n) is 6.94. The molecule has 1 aromatic rings. The Morgan fingerprint density at radius 3 is 2.40 bits per heavy atom. The van der Waals surface area contributed by atoms with Gasteiger partial charge in [0.2, 0.25) is 11.8 Å². The van der Waals surface area contributed by atoms with Gasteiger partial charge in [0.15, 0.2) is 0 Å². The number of anilines is 1. The predicted molar refractivity (Wildman–Crippen MR) is 76.8 cm³/mol. The average Bonchev–Trinajstić information content (AvgIpc) is 2.44. The monoisotopic (exact) mass is 280 g/mol. The first kappa shape index (κ1) is 16.1. The van der Waals surface area contributed by atoms with Crippen molar-refractivity contribution in [3.8, 4) is 0 Å². The minimum Gasteiger partial charge on any atom is -0.347 e. The van der Waals surface area contributed by atoms with Crippen molar-refractivity contribution in [2.45, 2.75) is 39.0 Å². The van der Waals surface area contributed by atoms with E-state index < -0.39 is 0 Å². The third-order valence-electron chi connectivity index (χ3n) is 2.83. The zero-order chi connectivity index (χ0) is 14.8. The summed E-state index contributed by atoms with van der Waals surface area (Å²) in [6, 6.07) is 5.48. The number of carbonyl (C=O) groups is 2. The lowest BCUT2D eigenvalue weighted by molar-refractivity contribution is -0.124. The van der Waals surface area contributed by atoms with Crippen LogP contribution in [0.2, 0.25) is 0 Å². The van der Waals surface area contributed by atoms with Crippen LogP contribution in [0.15, 0.2) is 24.3 Å². The van der Waals surface area contributed by atoms with Gasteiger partial charge in [-0.25, -0.2) is 4.39 Å². The smallest absolute Gasteiger partial charge is 0.243 e.